The third-order valence-electron chi connectivity index (χ3n) is 5.25. The van der Waals surface area contributed by atoms with E-state index in [1.807, 2.05) is 26.0 Å². The van der Waals surface area contributed by atoms with E-state index in [0.717, 1.165) is 24.0 Å². The van der Waals surface area contributed by atoms with Crippen LogP contribution in [-0.2, 0) is 6.42 Å². The van der Waals surface area contributed by atoms with Gasteiger partial charge in [-0.15, -0.1) is 0 Å². The molecule has 1 heterocycles. The molecule has 2 N–H and O–H groups in total. The number of ether oxygens (including phenoxy) is 1. The molecule has 4 rings (SSSR count). The molecule has 2 aromatic carbocycles. The Kier molecular flexibility index (Phi) is 5.84. The predicted octanol–water partition coefficient (Wildman–Crippen LogP) is 4.24. The average Bonchev–Trinajstić information content (AvgIpc) is 3.39. The van der Waals surface area contributed by atoms with Gasteiger partial charge < -0.3 is 19.6 Å². The maximum absolute atomic E-state index is 9.48. The summed E-state index contributed by atoms with van der Waals surface area (Å²) in [7, 11) is 0. The summed E-state index contributed by atoms with van der Waals surface area (Å²) in [5, 5.41) is 22.0. The molecule has 1 aliphatic rings. The highest BCUT2D eigenvalue weighted by Gasteiger charge is 2.25. The Morgan fingerprint density at radius 2 is 2.20 bits per heavy atom. The van der Waals surface area contributed by atoms with Gasteiger partial charge in [0.15, 0.2) is 5.76 Å². The zero-order chi connectivity index (χ0) is 21.1. The molecule has 1 aromatic heterocycles. The molecule has 0 radical (unpaired) electrons. The fourth-order valence-electron chi connectivity index (χ4n) is 3.98. The topological polar surface area (TPSA) is 91.3 Å². The molecule has 0 bridgehead atoms. The summed E-state index contributed by atoms with van der Waals surface area (Å²) >= 11 is 0. The van der Waals surface area contributed by atoms with Crippen molar-refractivity contribution >= 4 is 0 Å². The van der Waals surface area contributed by atoms with E-state index in [2.05, 4.69) is 28.5 Å². The highest BCUT2D eigenvalue weighted by Crippen LogP contribution is 2.39. The molecule has 1 atom stereocenters. The fraction of sp³-hybridized carbons (Fsp3) is 0.333. The fourth-order valence-corrected chi connectivity index (χ4v) is 3.98. The second-order valence-corrected chi connectivity index (χ2v) is 7.66. The van der Waals surface area contributed by atoms with Gasteiger partial charge in [0.05, 0.1) is 24.5 Å². The molecule has 30 heavy (non-hydrogen) atoms. The smallest absolute Gasteiger partial charge is 0.226 e. The van der Waals surface area contributed by atoms with Gasteiger partial charge in [0.1, 0.15) is 11.8 Å². The molecule has 154 valence electrons. The van der Waals surface area contributed by atoms with Crippen molar-refractivity contribution in [3.63, 3.8) is 0 Å². The molecular weight excluding hydrogens is 378 g/mol. The number of oxazole rings is 1. The zero-order valence-corrected chi connectivity index (χ0v) is 17.2. The minimum Gasteiger partial charge on any atom is -0.490 e. The highest BCUT2D eigenvalue weighted by atomic mass is 16.5. The van der Waals surface area contributed by atoms with Crippen molar-refractivity contribution in [2.24, 2.45) is 0 Å². The monoisotopic (exact) mass is 403 g/mol. The van der Waals surface area contributed by atoms with E-state index in [1.165, 1.54) is 11.1 Å². The van der Waals surface area contributed by atoms with E-state index < -0.39 is 0 Å². The number of hydrogen-bond donors (Lipinski definition) is 2. The average molecular weight is 403 g/mol. The highest BCUT2D eigenvalue weighted by molar-refractivity contribution is 5.68. The molecule has 0 fully saturated rings. The van der Waals surface area contributed by atoms with Gasteiger partial charge in [-0.05, 0) is 56.0 Å². The second-order valence-electron chi connectivity index (χ2n) is 7.66. The van der Waals surface area contributed by atoms with Gasteiger partial charge >= 0.3 is 0 Å². The summed E-state index contributed by atoms with van der Waals surface area (Å²) in [6, 6.07) is 14.0. The lowest BCUT2D eigenvalue weighted by Gasteiger charge is -2.13. The van der Waals surface area contributed by atoms with E-state index in [0.29, 0.717) is 29.5 Å². The summed E-state index contributed by atoms with van der Waals surface area (Å²) < 4.78 is 11.8. The van der Waals surface area contributed by atoms with Crippen molar-refractivity contribution in [2.75, 3.05) is 13.2 Å². The molecule has 0 amide bonds. The summed E-state index contributed by atoms with van der Waals surface area (Å²) in [5.74, 6) is 1.75. The number of rotatable bonds is 7. The number of benzene rings is 2. The predicted molar refractivity (Wildman–Crippen MR) is 114 cm³/mol. The molecule has 0 saturated heterocycles. The van der Waals surface area contributed by atoms with Crippen LogP contribution < -0.4 is 10.1 Å². The quantitative estimate of drug-likeness (QED) is 0.613. The Morgan fingerprint density at radius 3 is 2.97 bits per heavy atom. The summed E-state index contributed by atoms with van der Waals surface area (Å²) in [6.45, 7) is 4.57. The van der Waals surface area contributed by atoms with Crippen LogP contribution in [0.25, 0.3) is 22.8 Å². The van der Waals surface area contributed by atoms with E-state index in [-0.39, 0.29) is 18.8 Å². The van der Waals surface area contributed by atoms with Crippen molar-refractivity contribution in [1.29, 1.82) is 5.26 Å². The number of hydrogen-bond acceptors (Lipinski definition) is 6. The van der Waals surface area contributed by atoms with E-state index in [9.17, 15) is 5.26 Å². The Labute approximate surface area is 176 Å². The van der Waals surface area contributed by atoms with Gasteiger partial charge in [-0.25, -0.2) is 4.98 Å². The standard InChI is InChI=1S/C24H25N3O3/c1-15(2)29-22-9-6-16(12-17(22)13-25)24-27-14-23(30-24)20-5-3-4-19-18(20)7-8-21(19)26-10-11-28/h3-6,9,12,14-15,21,26,28H,7-8,10-11H2,1-2H3. The first-order valence-corrected chi connectivity index (χ1v) is 10.2. The van der Waals surface area contributed by atoms with Gasteiger partial charge in [-0.1, -0.05) is 18.2 Å². The number of aromatic nitrogens is 1. The van der Waals surface area contributed by atoms with Crippen LogP contribution in [0.4, 0.5) is 0 Å². The van der Waals surface area contributed by atoms with Crippen LogP contribution in [0.5, 0.6) is 5.75 Å². The van der Waals surface area contributed by atoms with Crippen LogP contribution in [0.3, 0.4) is 0 Å². The molecule has 0 aliphatic heterocycles. The normalized spacial score (nSPS) is 15.2. The Balaban J connectivity index is 1.63. The first kappa shape index (κ1) is 20.1. The minimum atomic E-state index is -0.00726. The van der Waals surface area contributed by atoms with Crippen molar-refractivity contribution in [3.05, 3.63) is 59.3 Å². The lowest BCUT2D eigenvalue weighted by atomic mass is 10.0. The first-order valence-electron chi connectivity index (χ1n) is 10.2. The van der Waals surface area contributed by atoms with Crippen molar-refractivity contribution in [3.8, 4) is 34.6 Å². The maximum atomic E-state index is 9.48. The van der Waals surface area contributed by atoms with Crippen LogP contribution in [-0.4, -0.2) is 29.3 Å². The van der Waals surface area contributed by atoms with Crippen LogP contribution in [0.15, 0.2) is 47.0 Å². The molecule has 6 heteroatoms. The molecule has 1 aliphatic carbocycles. The second kappa shape index (κ2) is 8.70. The molecule has 6 nitrogen and oxygen atoms in total. The van der Waals surface area contributed by atoms with Crippen LogP contribution in [0, 0.1) is 11.3 Å². The van der Waals surface area contributed by atoms with E-state index >= 15 is 0 Å². The van der Waals surface area contributed by atoms with Crippen molar-refractivity contribution < 1.29 is 14.3 Å². The summed E-state index contributed by atoms with van der Waals surface area (Å²) in [5.41, 5.74) is 4.75. The van der Waals surface area contributed by atoms with Crippen molar-refractivity contribution in [1.82, 2.24) is 10.3 Å². The summed E-state index contributed by atoms with van der Waals surface area (Å²) in [4.78, 5) is 4.46. The molecular formula is C24H25N3O3. The van der Waals surface area contributed by atoms with Gasteiger partial charge in [-0.2, -0.15) is 5.26 Å². The van der Waals surface area contributed by atoms with Gasteiger partial charge in [0, 0.05) is 23.7 Å². The maximum Gasteiger partial charge on any atom is 0.226 e. The van der Waals surface area contributed by atoms with E-state index in [4.69, 9.17) is 14.3 Å². The third-order valence-corrected chi connectivity index (χ3v) is 5.25. The first-order chi connectivity index (χ1) is 14.6. The summed E-state index contributed by atoms with van der Waals surface area (Å²) in [6.07, 6.45) is 3.68. The number of fused-ring (bicyclic) bond motifs is 1. The van der Waals surface area contributed by atoms with Gasteiger partial charge in [-0.3, -0.25) is 0 Å². The largest absolute Gasteiger partial charge is 0.490 e. The molecule has 1 unspecified atom stereocenters. The minimum absolute atomic E-state index is 0.00726. The Bertz CT molecular complexity index is 1080. The third kappa shape index (κ3) is 3.95. The van der Waals surface area contributed by atoms with Crippen LogP contribution in [0.1, 0.15) is 43.0 Å². The van der Waals surface area contributed by atoms with Crippen LogP contribution >= 0.6 is 0 Å². The molecule has 0 spiro atoms. The van der Waals surface area contributed by atoms with Gasteiger partial charge in [0.2, 0.25) is 5.89 Å². The van der Waals surface area contributed by atoms with Crippen LogP contribution in [0.2, 0.25) is 0 Å². The number of aliphatic hydroxyl groups excluding tert-OH is 1. The Hall–Kier alpha value is -3.14. The van der Waals surface area contributed by atoms with E-state index in [1.54, 1.807) is 18.3 Å². The number of nitrogens with zero attached hydrogens (tertiary/aromatic N) is 2. The molecule has 0 saturated carbocycles. The number of aliphatic hydroxyl groups is 1. The number of nitrogens with one attached hydrogen (secondary N) is 1. The lowest BCUT2D eigenvalue weighted by Crippen LogP contribution is -2.22. The SMILES string of the molecule is CC(C)Oc1ccc(-c2ncc(-c3cccc4c3CCC4NCCO)o2)cc1C#N. The zero-order valence-electron chi connectivity index (χ0n) is 17.2. The van der Waals surface area contributed by atoms with Gasteiger partial charge in [0.25, 0.3) is 0 Å². The lowest BCUT2D eigenvalue weighted by molar-refractivity contribution is 0.242. The van der Waals surface area contributed by atoms with Crippen molar-refractivity contribution in [2.45, 2.75) is 38.8 Å². The number of nitriles is 1. The Morgan fingerprint density at radius 1 is 1.33 bits per heavy atom. The molecule has 3 aromatic rings.